The van der Waals surface area contributed by atoms with Crippen molar-refractivity contribution in [2.24, 2.45) is 5.41 Å². The first-order valence-corrected chi connectivity index (χ1v) is 7.15. The van der Waals surface area contributed by atoms with E-state index >= 15 is 0 Å². The first-order chi connectivity index (χ1) is 9.23. The summed E-state index contributed by atoms with van der Waals surface area (Å²) in [5.41, 5.74) is 0.813. The molecule has 1 aromatic heterocycles. The summed E-state index contributed by atoms with van der Waals surface area (Å²) in [6.45, 7) is 10.5. The molecular weight excluding hydrogens is 256 g/mol. The fraction of sp³-hybridized carbons (Fsp3) is 0.733. The van der Waals surface area contributed by atoms with Crippen molar-refractivity contribution in [3.63, 3.8) is 0 Å². The van der Waals surface area contributed by atoms with Crippen LogP contribution in [0, 0.1) is 5.41 Å². The Hall–Kier alpha value is -1.36. The monoisotopic (exact) mass is 282 g/mol. The highest BCUT2D eigenvalue weighted by Gasteiger charge is 2.19. The van der Waals surface area contributed by atoms with Crippen LogP contribution in [0.4, 0.5) is 0 Å². The predicted octanol–water partition coefficient (Wildman–Crippen LogP) is 2.72. The van der Waals surface area contributed by atoms with Crippen LogP contribution in [-0.4, -0.2) is 28.8 Å². The molecule has 0 aliphatic heterocycles. The number of aliphatic hydroxyl groups is 1. The van der Waals surface area contributed by atoms with Gasteiger partial charge in [0.2, 0.25) is 5.76 Å². The van der Waals surface area contributed by atoms with E-state index in [1.807, 2.05) is 27.7 Å². The Morgan fingerprint density at radius 2 is 2.15 bits per heavy atom. The van der Waals surface area contributed by atoms with Crippen LogP contribution in [0.1, 0.15) is 69.6 Å². The summed E-state index contributed by atoms with van der Waals surface area (Å²) in [7, 11) is 0. The summed E-state index contributed by atoms with van der Waals surface area (Å²) < 4.78 is 5.04. The summed E-state index contributed by atoms with van der Waals surface area (Å²) in [5.74, 6) is 0.134. The first kappa shape index (κ1) is 16.7. The minimum atomic E-state index is -0.559. The van der Waals surface area contributed by atoms with Gasteiger partial charge in [0, 0.05) is 18.5 Å². The lowest BCUT2D eigenvalue weighted by atomic mass is 9.89. The number of aliphatic hydroxyl groups excluding tert-OH is 1. The number of aromatic nitrogens is 1. The Morgan fingerprint density at radius 1 is 1.50 bits per heavy atom. The molecule has 1 amide bonds. The standard InChI is InChI=1S/C15H26N2O3/c1-6-10(2)12-7-13(20-17-12)14(19)16-9-11(18)8-15(3,4)5/h7,10-11,18H,6,8-9H2,1-5H3,(H,16,19)/t10-,11-/m0/s1. The molecule has 1 aromatic rings. The van der Waals surface area contributed by atoms with Gasteiger partial charge in [-0.3, -0.25) is 4.79 Å². The van der Waals surface area contributed by atoms with Crippen LogP contribution >= 0.6 is 0 Å². The van der Waals surface area contributed by atoms with E-state index in [9.17, 15) is 9.90 Å². The lowest BCUT2D eigenvalue weighted by Gasteiger charge is -2.22. The quantitative estimate of drug-likeness (QED) is 0.841. The van der Waals surface area contributed by atoms with E-state index in [1.54, 1.807) is 6.07 Å². The molecule has 0 spiro atoms. The molecule has 114 valence electrons. The van der Waals surface area contributed by atoms with Gasteiger partial charge in [-0.1, -0.05) is 39.8 Å². The summed E-state index contributed by atoms with van der Waals surface area (Å²) in [5, 5.41) is 16.4. The number of nitrogens with one attached hydrogen (secondary N) is 1. The highest BCUT2D eigenvalue weighted by Crippen LogP contribution is 2.20. The third-order valence-corrected chi connectivity index (χ3v) is 3.22. The average molecular weight is 282 g/mol. The van der Waals surface area contributed by atoms with Gasteiger partial charge in [-0.05, 0) is 18.3 Å². The lowest BCUT2D eigenvalue weighted by Crippen LogP contribution is -2.34. The molecule has 0 aliphatic rings. The predicted molar refractivity (Wildman–Crippen MR) is 77.6 cm³/mol. The van der Waals surface area contributed by atoms with E-state index in [4.69, 9.17) is 4.52 Å². The maximum absolute atomic E-state index is 11.9. The highest BCUT2D eigenvalue weighted by molar-refractivity contribution is 5.91. The van der Waals surface area contributed by atoms with Crippen molar-refractivity contribution in [1.29, 1.82) is 0 Å². The summed E-state index contributed by atoms with van der Waals surface area (Å²) >= 11 is 0. The highest BCUT2D eigenvalue weighted by atomic mass is 16.5. The van der Waals surface area contributed by atoms with Crippen LogP contribution in [0.5, 0.6) is 0 Å². The van der Waals surface area contributed by atoms with E-state index in [0.29, 0.717) is 6.42 Å². The Kier molecular flexibility index (Phi) is 5.74. The van der Waals surface area contributed by atoms with Gasteiger partial charge in [0.15, 0.2) is 0 Å². The van der Waals surface area contributed by atoms with E-state index < -0.39 is 6.10 Å². The number of hydrogen-bond donors (Lipinski definition) is 2. The van der Waals surface area contributed by atoms with Gasteiger partial charge >= 0.3 is 0 Å². The average Bonchev–Trinajstić information content (AvgIpc) is 2.82. The minimum absolute atomic E-state index is 0.0279. The van der Waals surface area contributed by atoms with Crippen molar-refractivity contribution in [3.8, 4) is 0 Å². The molecule has 0 fully saturated rings. The molecule has 0 bridgehead atoms. The summed E-state index contributed by atoms with van der Waals surface area (Å²) in [6.07, 6.45) is 1.01. The molecule has 1 rings (SSSR count). The van der Waals surface area contributed by atoms with Crippen molar-refractivity contribution in [3.05, 3.63) is 17.5 Å². The SMILES string of the molecule is CC[C@H](C)c1cc(C(=O)NC[C@@H](O)CC(C)(C)C)on1. The Morgan fingerprint density at radius 3 is 2.70 bits per heavy atom. The molecule has 0 saturated heterocycles. The topological polar surface area (TPSA) is 75.4 Å². The third kappa shape index (κ3) is 5.33. The maximum atomic E-state index is 11.9. The molecule has 20 heavy (non-hydrogen) atoms. The van der Waals surface area contributed by atoms with E-state index in [1.165, 1.54) is 0 Å². The van der Waals surface area contributed by atoms with Gasteiger partial charge in [0.25, 0.3) is 5.91 Å². The molecule has 5 nitrogen and oxygen atoms in total. The second kappa shape index (κ2) is 6.88. The molecule has 0 radical (unpaired) electrons. The Balaban J connectivity index is 2.49. The van der Waals surface area contributed by atoms with E-state index in [0.717, 1.165) is 12.1 Å². The fourth-order valence-electron chi connectivity index (χ4n) is 1.91. The van der Waals surface area contributed by atoms with Gasteiger partial charge in [-0.15, -0.1) is 0 Å². The van der Waals surface area contributed by atoms with Crippen LogP contribution in [0.15, 0.2) is 10.6 Å². The zero-order valence-corrected chi connectivity index (χ0v) is 13.1. The van der Waals surface area contributed by atoms with Crippen molar-refractivity contribution in [1.82, 2.24) is 10.5 Å². The first-order valence-electron chi connectivity index (χ1n) is 7.15. The molecule has 0 unspecified atom stereocenters. The molecule has 0 aliphatic carbocycles. The van der Waals surface area contributed by atoms with Gasteiger partial charge in [0.05, 0.1) is 11.8 Å². The molecule has 1 heterocycles. The van der Waals surface area contributed by atoms with Gasteiger partial charge in [0.1, 0.15) is 0 Å². The van der Waals surface area contributed by atoms with E-state index in [2.05, 4.69) is 17.4 Å². The summed E-state index contributed by atoms with van der Waals surface area (Å²) in [6, 6.07) is 1.67. The van der Waals surface area contributed by atoms with Crippen LogP contribution in [0.25, 0.3) is 0 Å². The fourth-order valence-corrected chi connectivity index (χ4v) is 1.91. The zero-order valence-electron chi connectivity index (χ0n) is 13.1. The molecule has 0 aromatic carbocycles. The molecule has 2 N–H and O–H groups in total. The van der Waals surface area contributed by atoms with Crippen molar-refractivity contribution in [2.75, 3.05) is 6.54 Å². The van der Waals surface area contributed by atoms with Crippen LogP contribution < -0.4 is 5.32 Å². The van der Waals surface area contributed by atoms with Gasteiger partial charge < -0.3 is 14.9 Å². The third-order valence-electron chi connectivity index (χ3n) is 3.22. The van der Waals surface area contributed by atoms with Crippen molar-refractivity contribution >= 4 is 5.91 Å². The van der Waals surface area contributed by atoms with E-state index in [-0.39, 0.29) is 29.5 Å². The number of rotatable bonds is 6. The minimum Gasteiger partial charge on any atom is -0.391 e. The lowest BCUT2D eigenvalue weighted by molar-refractivity contribution is 0.0836. The van der Waals surface area contributed by atoms with Crippen LogP contribution in [0.3, 0.4) is 0 Å². The van der Waals surface area contributed by atoms with Crippen molar-refractivity contribution < 1.29 is 14.4 Å². The second-order valence-corrected chi connectivity index (χ2v) is 6.55. The number of amides is 1. The second-order valence-electron chi connectivity index (χ2n) is 6.55. The number of carbonyl (C=O) groups excluding carboxylic acids is 1. The Bertz CT molecular complexity index is 435. The van der Waals surface area contributed by atoms with Crippen LogP contribution in [-0.2, 0) is 0 Å². The smallest absolute Gasteiger partial charge is 0.289 e. The molecule has 5 heteroatoms. The maximum Gasteiger partial charge on any atom is 0.289 e. The number of nitrogens with zero attached hydrogens (tertiary/aromatic N) is 1. The van der Waals surface area contributed by atoms with Gasteiger partial charge in [-0.2, -0.15) is 0 Å². The van der Waals surface area contributed by atoms with Crippen LogP contribution in [0.2, 0.25) is 0 Å². The number of carbonyl (C=O) groups is 1. The number of hydrogen-bond acceptors (Lipinski definition) is 4. The summed E-state index contributed by atoms with van der Waals surface area (Å²) in [4.78, 5) is 11.9. The van der Waals surface area contributed by atoms with Gasteiger partial charge in [-0.25, -0.2) is 0 Å². The zero-order chi connectivity index (χ0) is 15.3. The Labute approximate surface area is 120 Å². The normalized spacial score (nSPS) is 14.9. The van der Waals surface area contributed by atoms with Crippen molar-refractivity contribution in [2.45, 2.75) is 59.5 Å². The molecule has 2 atom stereocenters. The largest absolute Gasteiger partial charge is 0.391 e. The molecule has 0 saturated carbocycles. The molecular formula is C15H26N2O3.